The van der Waals surface area contributed by atoms with Gasteiger partial charge in [0.25, 0.3) is 0 Å². The van der Waals surface area contributed by atoms with Crippen LogP contribution in [0.4, 0.5) is 26.3 Å². The van der Waals surface area contributed by atoms with Crippen LogP contribution in [0.2, 0.25) is 0 Å². The number of hydrogen-bond donors (Lipinski definition) is 0. The minimum atomic E-state index is -4.72. The minimum Gasteiger partial charge on any atom is -0.325 e. The molecule has 33 heavy (non-hydrogen) atoms. The summed E-state index contributed by atoms with van der Waals surface area (Å²) in [5.74, 6) is -0.412. The maximum absolute atomic E-state index is 13.0. The minimum absolute atomic E-state index is 0.0369. The van der Waals surface area contributed by atoms with E-state index in [1.54, 1.807) is 0 Å². The molecule has 0 aliphatic heterocycles. The number of halogens is 6. The van der Waals surface area contributed by atoms with Gasteiger partial charge in [0.15, 0.2) is 26.4 Å². The summed E-state index contributed by atoms with van der Waals surface area (Å²) in [5, 5.41) is 2.75. The van der Waals surface area contributed by atoms with Crippen molar-refractivity contribution in [2.45, 2.75) is 24.3 Å². The van der Waals surface area contributed by atoms with E-state index < -0.39 is 38.6 Å². The van der Waals surface area contributed by atoms with Crippen molar-refractivity contribution in [3.05, 3.63) is 35.9 Å². The molecule has 8 nitrogen and oxygen atoms in total. The molecule has 4 aromatic heterocycles. The van der Waals surface area contributed by atoms with Crippen molar-refractivity contribution in [3.63, 3.8) is 0 Å². The number of aromatic nitrogens is 6. The van der Waals surface area contributed by atoms with E-state index in [9.17, 15) is 34.8 Å². The third-order valence-electron chi connectivity index (χ3n) is 4.60. The first kappa shape index (κ1) is 23.2. The number of alkyl halides is 6. The lowest BCUT2D eigenvalue weighted by molar-refractivity contribution is -0.142. The maximum atomic E-state index is 13.0. The van der Waals surface area contributed by atoms with E-state index >= 15 is 0 Å². The molecular weight excluding hydrogens is 498 g/mol. The van der Waals surface area contributed by atoms with Crippen molar-refractivity contribution in [2.24, 2.45) is 7.05 Å². The molecular formula is C17H12F6N6O2S2. The maximum Gasteiger partial charge on any atom is 0.435 e. The molecule has 0 N–H and O–H groups in total. The average molecular weight is 510 g/mol. The first-order valence-electron chi connectivity index (χ1n) is 8.99. The molecule has 0 bridgehead atoms. The van der Waals surface area contributed by atoms with Gasteiger partial charge in [-0.1, -0.05) is 18.3 Å². The van der Waals surface area contributed by atoms with Crippen LogP contribution in [0.5, 0.6) is 0 Å². The highest BCUT2D eigenvalue weighted by molar-refractivity contribution is 7.91. The summed E-state index contributed by atoms with van der Waals surface area (Å²) in [6, 6.07) is 1.42. The monoisotopic (exact) mass is 510 g/mol. The van der Waals surface area contributed by atoms with E-state index in [4.69, 9.17) is 0 Å². The van der Waals surface area contributed by atoms with Crippen LogP contribution in [0.3, 0.4) is 0 Å². The number of imidazole rings is 1. The Morgan fingerprint density at radius 1 is 1.06 bits per heavy atom. The summed E-state index contributed by atoms with van der Waals surface area (Å²) in [6.45, 7) is 1.35. The van der Waals surface area contributed by atoms with Crippen molar-refractivity contribution < 1.29 is 34.8 Å². The van der Waals surface area contributed by atoms with Gasteiger partial charge in [-0.25, -0.2) is 28.1 Å². The van der Waals surface area contributed by atoms with Crippen molar-refractivity contribution in [3.8, 4) is 15.8 Å². The van der Waals surface area contributed by atoms with Gasteiger partial charge in [0.05, 0.1) is 23.0 Å². The molecule has 0 saturated carbocycles. The number of aryl methyl sites for hydroxylation is 1. The van der Waals surface area contributed by atoms with Crippen LogP contribution < -0.4 is 0 Å². The number of thiazole rings is 1. The van der Waals surface area contributed by atoms with Crippen molar-refractivity contribution in [1.82, 2.24) is 29.3 Å². The predicted octanol–water partition coefficient (Wildman–Crippen LogP) is 4.11. The molecule has 0 amide bonds. The summed E-state index contributed by atoms with van der Waals surface area (Å²) < 4.78 is 105. The topological polar surface area (TPSA) is 95.6 Å². The number of sulfone groups is 1. The van der Waals surface area contributed by atoms with E-state index in [1.807, 2.05) is 0 Å². The quantitative estimate of drug-likeness (QED) is 0.384. The molecule has 4 heterocycles. The molecule has 0 saturated heterocycles. The third-order valence-corrected chi connectivity index (χ3v) is 7.41. The molecule has 16 heteroatoms. The fourth-order valence-electron chi connectivity index (χ4n) is 2.91. The molecule has 0 atom stereocenters. The van der Waals surface area contributed by atoms with Crippen LogP contribution in [0.25, 0.3) is 26.9 Å². The SMILES string of the molecule is CCS(=O)(=O)c1nc(-n2ccc(C(F)(F)F)n2)sc1-c1nc2cc(C(F)(F)F)ncc2n1C. The zero-order valence-corrected chi connectivity index (χ0v) is 18.2. The zero-order chi connectivity index (χ0) is 24.3. The average Bonchev–Trinajstić information content (AvgIpc) is 3.43. The van der Waals surface area contributed by atoms with E-state index in [-0.39, 0.29) is 32.6 Å². The highest BCUT2D eigenvalue weighted by Gasteiger charge is 2.35. The van der Waals surface area contributed by atoms with Crippen LogP contribution >= 0.6 is 11.3 Å². The fraction of sp³-hybridized carbons (Fsp3) is 0.294. The summed E-state index contributed by atoms with van der Waals surface area (Å²) >= 11 is 0.688. The highest BCUT2D eigenvalue weighted by Crippen LogP contribution is 2.37. The van der Waals surface area contributed by atoms with E-state index in [1.165, 1.54) is 18.5 Å². The molecule has 176 valence electrons. The lowest BCUT2D eigenvalue weighted by Gasteiger charge is -2.05. The van der Waals surface area contributed by atoms with Gasteiger partial charge in [-0.05, 0) is 12.1 Å². The van der Waals surface area contributed by atoms with E-state index in [2.05, 4.69) is 20.1 Å². The molecule has 0 aromatic carbocycles. The molecule has 0 spiro atoms. The third kappa shape index (κ3) is 4.07. The first-order chi connectivity index (χ1) is 15.2. The van der Waals surface area contributed by atoms with Crippen LogP contribution in [0.1, 0.15) is 18.3 Å². The summed E-state index contributed by atoms with van der Waals surface area (Å²) in [5.41, 5.74) is -2.29. The number of pyridine rings is 1. The second-order valence-electron chi connectivity index (χ2n) is 6.73. The van der Waals surface area contributed by atoms with Gasteiger partial charge >= 0.3 is 12.4 Å². The summed E-state index contributed by atoms with van der Waals surface area (Å²) in [4.78, 5) is 11.4. The number of fused-ring (bicyclic) bond motifs is 1. The lowest BCUT2D eigenvalue weighted by Crippen LogP contribution is -2.08. The Balaban J connectivity index is 1.92. The predicted molar refractivity (Wildman–Crippen MR) is 104 cm³/mol. The van der Waals surface area contributed by atoms with Gasteiger partial charge in [0, 0.05) is 13.2 Å². The van der Waals surface area contributed by atoms with Crippen molar-refractivity contribution in [1.29, 1.82) is 0 Å². The van der Waals surface area contributed by atoms with E-state index in [0.29, 0.717) is 17.4 Å². The number of nitrogens with zero attached hydrogens (tertiary/aromatic N) is 6. The van der Waals surface area contributed by atoms with Gasteiger partial charge in [-0.15, -0.1) is 0 Å². The Labute approximate surface area is 185 Å². The molecule has 0 fully saturated rings. The van der Waals surface area contributed by atoms with Crippen molar-refractivity contribution in [2.75, 3.05) is 5.75 Å². The largest absolute Gasteiger partial charge is 0.435 e. The Morgan fingerprint density at radius 3 is 2.30 bits per heavy atom. The molecule has 0 unspecified atom stereocenters. The van der Waals surface area contributed by atoms with Crippen molar-refractivity contribution >= 4 is 32.2 Å². The summed E-state index contributed by atoms with van der Waals surface area (Å²) in [7, 11) is -2.54. The number of hydrogen-bond acceptors (Lipinski definition) is 7. The Kier molecular flexibility index (Phi) is 5.27. The molecule has 4 aromatic rings. The van der Waals surface area contributed by atoms with Gasteiger partial charge in [0.2, 0.25) is 5.13 Å². The second-order valence-corrected chi connectivity index (χ2v) is 9.90. The van der Waals surface area contributed by atoms with Gasteiger partial charge in [-0.2, -0.15) is 31.4 Å². The van der Waals surface area contributed by atoms with Gasteiger partial charge in [0.1, 0.15) is 10.6 Å². The zero-order valence-electron chi connectivity index (χ0n) is 16.6. The number of rotatable bonds is 4. The van der Waals surface area contributed by atoms with Crippen LogP contribution in [-0.2, 0) is 29.2 Å². The Bertz CT molecular complexity index is 1470. The smallest absolute Gasteiger partial charge is 0.325 e. The highest BCUT2D eigenvalue weighted by atomic mass is 32.2. The van der Waals surface area contributed by atoms with Crippen LogP contribution in [0, 0.1) is 0 Å². The Hall–Kier alpha value is -3.01. The van der Waals surface area contributed by atoms with Crippen LogP contribution in [-0.4, -0.2) is 43.5 Å². The Morgan fingerprint density at radius 2 is 1.73 bits per heavy atom. The first-order valence-corrected chi connectivity index (χ1v) is 11.5. The molecule has 0 aliphatic rings. The second kappa shape index (κ2) is 7.51. The van der Waals surface area contributed by atoms with E-state index in [0.717, 1.165) is 23.1 Å². The molecule has 0 radical (unpaired) electrons. The van der Waals surface area contributed by atoms with Crippen LogP contribution in [0.15, 0.2) is 29.6 Å². The molecule has 4 rings (SSSR count). The standard InChI is InChI=1S/C17H12F6N6O2S2/c1-3-33(30,31)14-12(32-15(26-14)29-5-4-10(27-29)16(18,19)20)13-25-8-6-11(17(21,22)23)24-7-9(8)28(13)2/h4-7H,3H2,1-2H3. The normalized spacial score (nSPS) is 13.2. The fourth-order valence-corrected chi connectivity index (χ4v) is 5.27. The summed E-state index contributed by atoms with van der Waals surface area (Å²) in [6.07, 6.45) is -7.50. The lowest BCUT2D eigenvalue weighted by atomic mass is 10.3. The van der Waals surface area contributed by atoms with Gasteiger partial charge < -0.3 is 4.57 Å². The molecule has 0 aliphatic carbocycles. The van der Waals surface area contributed by atoms with Gasteiger partial charge in [-0.3, -0.25) is 0 Å².